The van der Waals surface area contributed by atoms with Crippen molar-refractivity contribution >= 4 is 33.0 Å². The van der Waals surface area contributed by atoms with Crippen molar-refractivity contribution in [1.29, 1.82) is 0 Å². The number of hydrogen-bond acceptors (Lipinski definition) is 6. The molecule has 0 spiro atoms. The third-order valence-corrected chi connectivity index (χ3v) is 8.00. The molecule has 184 valence electrons. The Balaban J connectivity index is 1.59. The first kappa shape index (κ1) is 25.4. The molecule has 0 atom stereocenters. The summed E-state index contributed by atoms with van der Waals surface area (Å²) in [5.74, 6) is 0.151. The minimum atomic E-state index is -3.68. The number of morpholine rings is 1. The molecule has 4 rings (SSSR count). The number of halogens is 1. The molecule has 0 unspecified atom stereocenters. The number of carbonyl (C=O) groups is 1. The van der Waals surface area contributed by atoms with Crippen LogP contribution in [0.2, 0.25) is 5.02 Å². The molecule has 1 aliphatic rings. The third-order valence-electron chi connectivity index (χ3n) is 6.09. The number of pyridine rings is 1. The number of nitrogens with zero attached hydrogens (tertiary/aromatic N) is 2. The standard InChI is InChI=1S/C27H29ClN2O4S/c1-27(2,3)21-6-9-23(10-7-21)35(32,33)18-20-4-8-22(28)16-24(20)26(31)19-5-11-25(29-17-19)30-12-14-34-15-13-30/h4-11,16-17H,12-15,18H2,1-3H3. The van der Waals surface area contributed by atoms with Gasteiger partial charge in [-0.25, -0.2) is 13.4 Å². The van der Waals surface area contributed by atoms with E-state index in [2.05, 4.69) is 30.7 Å². The lowest BCUT2D eigenvalue weighted by molar-refractivity contribution is 0.103. The van der Waals surface area contributed by atoms with Gasteiger partial charge in [-0.1, -0.05) is 50.6 Å². The number of sulfone groups is 1. The van der Waals surface area contributed by atoms with E-state index in [9.17, 15) is 13.2 Å². The van der Waals surface area contributed by atoms with E-state index < -0.39 is 9.84 Å². The Labute approximate surface area is 211 Å². The molecule has 2 aromatic carbocycles. The van der Waals surface area contributed by atoms with Crippen LogP contribution in [-0.2, 0) is 25.7 Å². The average molecular weight is 513 g/mol. The molecule has 0 N–H and O–H groups in total. The summed E-state index contributed by atoms with van der Waals surface area (Å²) in [6, 6.07) is 15.2. The number of aromatic nitrogens is 1. The molecular formula is C27H29ClN2O4S. The molecule has 1 saturated heterocycles. The van der Waals surface area contributed by atoms with Crippen molar-refractivity contribution in [3.05, 3.63) is 88.1 Å². The van der Waals surface area contributed by atoms with E-state index in [-0.39, 0.29) is 27.4 Å². The number of anilines is 1. The molecule has 0 aliphatic carbocycles. The molecule has 6 nitrogen and oxygen atoms in total. The first-order valence-electron chi connectivity index (χ1n) is 11.5. The van der Waals surface area contributed by atoms with Gasteiger partial charge in [-0.2, -0.15) is 0 Å². The van der Waals surface area contributed by atoms with Gasteiger partial charge >= 0.3 is 0 Å². The fourth-order valence-corrected chi connectivity index (χ4v) is 5.54. The number of carbonyl (C=O) groups excluding carboxylic acids is 1. The van der Waals surface area contributed by atoms with Gasteiger partial charge in [-0.3, -0.25) is 4.79 Å². The van der Waals surface area contributed by atoms with Gasteiger partial charge in [0.25, 0.3) is 0 Å². The molecule has 8 heteroatoms. The van der Waals surface area contributed by atoms with Crippen LogP contribution in [-0.4, -0.2) is 45.5 Å². The van der Waals surface area contributed by atoms with E-state index in [1.807, 2.05) is 12.1 Å². The Kier molecular flexibility index (Phi) is 7.31. The zero-order valence-corrected chi connectivity index (χ0v) is 21.7. The van der Waals surface area contributed by atoms with Crippen LogP contribution in [0.3, 0.4) is 0 Å². The summed E-state index contributed by atoms with van der Waals surface area (Å²) in [6.07, 6.45) is 1.53. The van der Waals surface area contributed by atoms with Crippen LogP contribution in [0, 0.1) is 0 Å². The summed E-state index contributed by atoms with van der Waals surface area (Å²) in [6.45, 7) is 8.99. The van der Waals surface area contributed by atoms with Gasteiger partial charge in [0.05, 0.1) is 23.9 Å². The van der Waals surface area contributed by atoms with Gasteiger partial charge in [0.2, 0.25) is 0 Å². The first-order chi connectivity index (χ1) is 16.5. The summed E-state index contributed by atoms with van der Waals surface area (Å²) in [5.41, 5.74) is 2.00. The van der Waals surface area contributed by atoms with Crippen molar-refractivity contribution < 1.29 is 17.9 Å². The Morgan fingerprint density at radius 1 is 1.03 bits per heavy atom. The smallest absolute Gasteiger partial charge is 0.194 e. The molecule has 0 bridgehead atoms. The lowest BCUT2D eigenvalue weighted by atomic mass is 9.87. The van der Waals surface area contributed by atoms with Crippen LogP contribution < -0.4 is 4.90 Å². The lowest BCUT2D eigenvalue weighted by Gasteiger charge is -2.27. The van der Waals surface area contributed by atoms with Crippen LogP contribution in [0.15, 0.2) is 65.7 Å². The maximum absolute atomic E-state index is 13.4. The fraction of sp³-hybridized carbons (Fsp3) is 0.333. The second kappa shape index (κ2) is 10.1. The van der Waals surface area contributed by atoms with Crippen LogP contribution >= 0.6 is 11.6 Å². The van der Waals surface area contributed by atoms with Crippen molar-refractivity contribution in [2.75, 3.05) is 31.2 Å². The van der Waals surface area contributed by atoms with E-state index in [0.29, 0.717) is 29.4 Å². The molecule has 35 heavy (non-hydrogen) atoms. The van der Waals surface area contributed by atoms with Gasteiger partial charge in [0.1, 0.15) is 5.82 Å². The highest BCUT2D eigenvalue weighted by atomic mass is 35.5. The predicted octanol–water partition coefficient (Wildman–Crippen LogP) is 5.07. The van der Waals surface area contributed by atoms with E-state index >= 15 is 0 Å². The van der Waals surface area contributed by atoms with Gasteiger partial charge < -0.3 is 9.64 Å². The van der Waals surface area contributed by atoms with E-state index in [0.717, 1.165) is 24.5 Å². The maximum atomic E-state index is 13.4. The van der Waals surface area contributed by atoms with Gasteiger partial charge in [-0.05, 0) is 52.9 Å². The highest BCUT2D eigenvalue weighted by molar-refractivity contribution is 7.90. The number of ketones is 1. The predicted molar refractivity (Wildman–Crippen MR) is 138 cm³/mol. The Bertz CT molecular complexity index is 1310. The third kappa shape index (κ3) is 5.92. The van der Waals surface area contributed by atoms with Crippen molar-refractivity contribution in [3.63, 3.8) is 0 Å². The summed E-state index contributed by atoms with van der Waals surface area (Å²) in [4.78, 5) is 20.1. The Morgan fingerprint density at radius 2 is 1.71 bits per heavy atom. The van der Waals surface area contributed by atoms with Crippen molar-refractivity contribution in [3.8, 4) is 0 Å². The molecular weight excluding hydrogens is 484 g/mol. The second-order valence-electron chi connectivity index (χ2n) is 9.67. The summed E-state index contributed by atoms with van der Waals surface area (Å²) >= 11 is 6.19. The molecule has 0 saturated carbocycles. The average Bonchev–Trinajstić information content (AvgIpc) is 2.85. The van der Waals surface area contributed by atoms with Gasteiger partial charge in [0, 0.05) is 35.4 Å². The van der Waals surface area contributed by atoms with E-state index in [1.54, 1.807) is 36.4 Å². The zero-order chi connectivity index (χ0) is 25.2. The van der Waals surface area contributed by atoms with E-state index in [4.69, 9.17) is 16.3 Å². The molecule has 1 aromatic heterocycles. The highest BCUT2D eigenvalue weighted by Gasteiger charge is 2.23. The molecule has 3 aromatic rings. The number of benzene rings is 2. The van der Waals surface area contributed by atoms with Gasteiger partial charge in [0.15, 0.2) is 15.6 Å². The minimum Gasteiger partial charge on any atom is -0.378 e. The van der Waals surface area contributed by atoms with Crippen LogP contribution in [0.5, 0.6) is 0 Å². The number of ether oxygens (including phenoxy) is 1. The van der Waals surface area contributed by atoms with Crippen molar-refractivity contribution in [2.45, 2.75) is 36.8 Å². The second-order valence-corrected chi connectivity index (χ2v) is 12.1. The molecule has 0 radical (unpaired) electrons. The zero-order valence-electron chi connectivity index (χ0n) is 20.1. The largest absolute Gasteiger partial charge is 0.378 e. The van der Waals surface area contributed by atoms with Crippen LogP contribution in [0.4, 0.5) is 5.82 Å². The fourth-order valence-electron chi connectivity index (χ4n) is 3.99. The normalized spacial score (nSPS) is 14.7. The minimum absolute atomic E-state index is 0.0799. The van der Waals surface area contributed by atoms with Gasteiger partial charge in [-0.15, -0.1) is 0 Å². The monoisotopic (exact) mass is 512 g/mol. The van der Waals surface area contributed by atoms with E-state index in [1.165, 1.54) is 12.3 Å². The number of rotatable bonds is 6. The Hall–Kier alpha value is -2.74. The van der Waals surface area contributed by atoms with Crippen LogP contribution in [0.1, 0.15) is 47.8 Å². The summed E-state index contributed by atoms with van der Waals surface area (Å²) in [5, 5.41) is 0.363. The topological polar surface area (TPSA) is 76.6 Å². The summed E-state index contributed by atoms with van der Waals surface area (Å²) < 4.78 is 31.8. The van der Waals surface area contributed by atoms with Crippen molar-refractivity contribution in [1.82, 2.24) is 4.98 Å². The van der Waals surface area contributed by atoms with Crippen LogP contribution in [0.25, 0.3) is 0 Å². The molecule has 2 heterocycles. The maximum Gasteiger partial charge on any atom is 0.194 e. The highest BCUT2D eigenvalue weighted by Crippen LogP contribution is 2.27. The Morgan fingerprint density at radius 3 is 2.31 bits per heavy atom. The first-order valence-corrected chi connectivity index (χ1v) is 13.5. The SMILES string of the molecule is CC(C)(C)c1ccc(S(=O)(=O)Cc2ccc(Cl)cc2C(=O)c2ccc(N3CCOCC3)nc2)cc1. The molecule has 1 aliphatic heterocycles. The van der Waals surface area contributed by atoms with Crippen molar-refractivity contribution in [2.24, 2.45) is 0 Å². The quantitative estimate of drug-likeness (QED) is 0.429. The molecule has 0 amide bonds. The lowest BCUT2D eigenvalue weighted by Crippen LogP contribution is -2.36. The molecule has 1 fully saturated rings. The number of hydrogen-bond donors (Lipinski definition) is 0. The summed E-state index contributed by atoms with van der Waals surface area (Å²) in [7, 11) is -3.68.